The third kappa shape index (κ3) is 2.92. The Morgan fingerprint density at radius 3 is 2.88 bits per heavy atom. The molecule has 2 aromatic heterocycles. The number of pyridine rings is 1. The predicted molar refractivity (Wildman–Crippen MR) is 99.0 cm³/mol. The van der Waals surface area contributed by atoms with Crippen molar-refractivity contribution in [2.24, 2.45) is 0 Å². The maximum Gasteiger partial charge on any atom is 0.189 e. The van der Waals surface area contributed by atoms with E-state index in [9.17, 15) is 9.18 Å². The van der Waals surface area contributed by atoms with Crippen molar-refractivity contribution in [1.82, 2.24) is 14.3 Å². The smallest absolute Gasteiger partial charge is 0.189 e. The van der Waals surface area contributed by atoms with Gasteiger partial charge in [0.05, 0.1) is 36.3 Å². The first-order valence-corrected chi connectivity index (χ1v) is 8.77. The van der Waals surface area contributed by atoms with Gasteiger partial charge in [-0.2, -0.15) is 5.10 Å². The first-order valence-electron chi connectivity index (χ1n) is 8.77. The van der Waals surface area contributed by atoms with Gasteiger partial charge in [-0.25, -0.2) is 4.39 Å². The fourth-order valence-electron chi connectivity index (χ4n) is 3.15. The van der Waals surface area contributed by atoms with E-state index >= 15 is 0 Å². The number of aryl methyl sites for hydroxylation is 1. The number of hydrogen-bond acceptors (Lipinski definition) is 3. The van der Waals surface area contributed by atoms with Gasteiger partial charge in [0, 0.05) is 28.9 Å². The van der Waals surface area contributed by atoms with Crippen molar-refractivity contribution in [3.63, 3.8) is 0 Å². The fourth-order valence-corrected chi connectivity index (χ4v) is 3.15. The van der Waals surface area contributed by atoms with Crippen LogP contribution in [0, 0.1) is 12.7 Å². The zero-order valence-electron chi connectivity index (χ0n) is 14.8. The summed E-state index contributed by atoms with van der Waals surface area (Å²) in [7, 11) is 0. The van der Waals surface area contributed by atoms with Gasteiger partial charge in [0.2, 0.25) is 0 Å². The molecule has 1 aliphatic carbocycles. The van der Waals surface area contributed by atoms with Gasteiger partial charge >= 0.3 is 0 Å². The zero-order chi connectivity index (χ0) is 18.3. The van der Waals surface area contributed by atoms with Crippen molar-refractivity contribution >= 4 is 17.0 Å². The van der Waals surface area contributed by atoms with Crippen LogP contribution < -0.4 is 5.43 Å². The minimum atomic E-state index is -0.449. The van der Waals surface area contributed by atoms with E-state index in [0.717, 1.165) is 24.2 Å². The van der Waals surface area contributed by atoms with E-state index < -0.39 is 5.82 Å². The van der Waals surface area contributed by atoms with Crippen molar-refractivity contribution in [3.05, 3.63) is 64.2 Å². The van der Waals surface area contributed by atoms with Gasteiger partial charge in [0.1, 0.15) is 5.82 Å². The fraction of sp³-hybridized carbons (Fsp3) is 0.300. The van der Waals surface area contributed by atoms with E-state index in [4.69, 9.17) is 4.74 Å². The topological polar surface area (TPSA) is 49.1 Å². The highest BCUT2D eigenvalue weighted by atomic mass is 19.1. The maximum atomic E-state index is 14.4. The van der Waals surface area contributed by atoms with Gasteiger partial charge in [0.15, 0.2) is 5.43 Å². The Hall–Kier alpha value is -2.89. The van der Waals surface area contributed by atoms with E-state index in [-0.39, 0.29) is 5.43 Å². The zero-order valence-corrected chi connectivity index (χ0v) is 14.8. The second kappa shape index (κ2) is 6.44. The summed E-state index contributed by atoms with van der Waals surface area (Å²) in [6.07, 6.45) is 9.09. The van der Waals surface area contributed by atoms with E-state index in [1.807, 2.05) is 29.3 Å². The third-order valence-electron chi connectivity index (χ3n) is 4.59. The first-order chi connectivity index (χ1) is 12.6. The normalized spacial score (nSPS) is 14.4. The minimum Gasteiger partial charge on any atom is -0.501 e. The molecule has 1 saturated carbocycles. The van der Waals surface area contributed by atoms with Crippen LogP contribution in [-0.2, 0) is 4.74 Å². The van der Waals surface area contributed by atoms with Crippen molar-refractivity contribution < 1.29 is 9.13 Å². The lowest BCUT2D eigenvalue weighted by atomic mass is 10.1. The van der Waals surface area contributed by atoms with E-state index in [0.29, 0.717) is 29.1 Å². The van der Waals surface area contributed by atoms with Crippen LogP contribution in [0.3, 0.4) is 0 Å². The summed E-state index contributed by atoms with van der Waals surface area (Å²) >= 11 is 0. The van der Waals surface area contributed by atoms with Gasteiger partial charge in [-0.3, -0.25) is 9.48 Å². The molecule has 0 spiro atoms. The Labute approximate surface area is 150 Å². The number of hydrogen-bond donors (Lipinski definition) is 0. The van der Waals surface area contributed by atoms with E-state index in [1.54, 1.807) is 18.3 Å². The van der Waals surface area contributed by atoms with Crippen molar-refractivity contribution in [2.45, 2.75) is 32.7 Å². The summed E-state index contributed by atoms with van der Waals surface area (Å²) < 4.78 is 23.5. The van der Waals surface area contributed by atoms with Crippen LogP contribution in [0.5, 0.6) is 0 Å². The Morgan fingerprint density at radius 2 is 2.15 bits per heavy atom. The Morgan fingerprint density at radius 1 is 1.35 bits per heavy atom. The van der Waals surface area contributed by atoms with Crippen LogP contribution in [0.2, 0.25) is 0 Å². The molecule has 3 aromatic rings. The lowest BCUT2D eigenvalue weighted by molar-refractivity contribution is 0.272. The molecule has 0 saturated heterocycles. The van der Waals surface area contributed by atoms with Gasteiger partial charge in [-0.15, -0.1) is 0 Å². The third-order valence-corrected chi connectivity index (χ3v) is 4.59. The van der Waals surface area contributed by atoms with Crippen LogP contribution >= 0.6 is 0 Å². The largest absolute Gasteiger partial charge is 0.501 e. The van der Waals surface area contributed by atoms with E-state index in [2.05, 4.69) is 5.10 Å². The van der Waals surface area contributed by atoms with Gasteiger partial charge in [-0.05, 0) is 44.9 Å². The second-order valence-corrected chi connectivity index (χ2v) is 6.54. The molecule has 5 nitrogen and oxygen atoms in total. The Balaban J connectivity index is 1.92. The summed E-state index contributed by atoms with van der Waals surface area (Å²) in [5.74, 6) is -0.449. The SMILES string of the molecule is CCO/C=C/c1cc2c(cc1F)c(=O)cc(C)n2-c1cnn(C2CC2)c1. The average Bonchev–Trinajstić information content (AvgIpc) is 3.35. The van der Waals surface area contributed by atoms with Crippen LogP contribution in [0.15, 0.2) is 41.6 Å². The molecule has 134 valence electrons. The highest BCUT2D eigenvalue weighted by Crippen LogP contribution is 2.34. The van der Waals surface area contributed by atoms with Crippen LogP contribution in [0.4, 0.5) is 4.39 Å². The molecule has 0 radical (unpaired) electrons. The number of benzene rings is 1. The number of halogens is 1. The molecular weight excluding hydrogens is 333 g/mol. The summed E-state index contributed by atoms with van der Waals surface area (Å²) in [6.45, 7) is 4.24. The van der Waals surface area contributed by atoms with E-state index in [1.165, 1.54) is 18.4 Å². The molecule has 26 heavy (non-hydrogen) atoms. The predicted octanol–water partition coefficient (Wildman–Crippen LogP) is 3.98. The lowest BCUT2D eigenvalue weighted by Crippen LogP contribution is -2.11. The number of rotatable bonds is 5. The highest BCUT2D eigenvalue weighted by Gasteiger charge is 2.24. The lowest BCUT2D eigenvalue weighted by Gasteiger charge is -2.13. The van der Waals surface area contributed by atoms with Gasteiger partial charge in [0.25, 0.3) is 0 Å². The van der Waals surface area contributed by atoms with Crippen LogP contribution in [0.25, 0.3) is 22.7 Å². The second-order valence-electron chi connectivity index (χ2n) is 6.54. The number of aromatic nitrogens is 3. The number of fused-ring (bicyclic) bond motifs is 1. The number of nitrogens with zero attached hydrogens (tertiary/aromatic N) is 3. The monoisotopic (exact) mass is 353 g/mol. The molecule has 0 aliphatic heterocycles. The average molecular weight is 353 g/mol. The quantitative estimate of drug-likeness (QED) is 0.652. The molecule has 2 heterocycles. The molecule has 1 aromatic carbocycles. The van der Waals surface area contributed by atoms with Gasteiger partial charge < -0.3 is 9.30 Å². The summed E-state index contributed by atoms with van der Waals surface area (Å²) in [6, 6.07) is 4.98. The molecule has 0 bridgehead atoms. The summed E-state index contributed by atoms with van der Waals surface area (Å²) in [5, 5.41) is 4.78. The highest BCUT2D eigenvalue weighted by molar-refractivity contribution is 5.83. The molecule has 0 unspecified atom stereocenters. The molecule has 1 aliphatic rings. The molecule has 0 N–H and O–H groups in total. The molecule has 0 atom stereocenters. The summed E-state index contributed by atoms with van der Waals surface area (Å²) in [4.78, 5) is 12.4. The van der Waals surface area contributed by atoms with Crippen molar-refractivity contribution in [1.29, 1.82) is 0 Å². The Kier molecular flexibility index (Phi) is 4.11. The van der Waals surface area contributed by atoms with Crippen LogP contribution in [0.1, 0.15) is 37.1 Å². The van der Waals surface area contributed by atoms with Gasteiger partial charge in [-0.1, -0.05) is 0 Å². The van der Waals surface area contributed by atoms with Crippen LogP contribution in [-0.4, -0.2) is 21.0 Å². The molecule has 4 rings (SSSR count). The Bertz CT molecular complexity index is 1060. The first kappa shape index (κ1) is 16.6. The molecule has 6 heteroatoms. The molecule has 1 fully saturated rings. The molecule has 0 amide bonds. The number of ether oxygens (including phenoxy) is 1. The standard InChI is InChI=1S/C20H20FN3O2/c1-3-26-7-6-14-9-19-17(10-18(14)21)20(25)8-13(2)24(19)16-11-22-23(12-16)15-4-5-15/h6-12,15H,3-5H2,1-2H3/b7-6+. The van der Waals surface area contributed by atoms with Crippen molar-refractivity contribution in [2.75, 3.05) is 6.61 Å². The minimum absolute atomic E-state index is 0.192. The molecular formula is C20H20FN3O2. The summed E-state index contributed by atoms with van der Waals surface area (Å²) in [5.41, 5.74) is 2.49. The van der Waals surface area contributed by atoms with Crippen molar-refractivity contribution in [3.8, 4) is 5.69 Å². The maximum absolute atomic E-state index is 14.4.